The van der Waals surface area contributed by atoms with Crippen LogP contribution < -0.4 is 0 Å². The zero-order valence-electron chi connectivity index (χ0n) is 12.1. The van der Waals surface area contributed by atoms with Crippen molar-refractivity contribution in [3.05, 3.63) is 35.4 Å². The lowest BCUT2D eigenvalue weighted by atomic mass is 9.81. The zero-order valence-corrected chi connectivity index (χ0v) is 12.1. The highest BCUT2D eigenvalue weighted by atomic mass is 16.3. The number of hydrogen-bond acceptors (Lipinski definition) is 2. The van der Waals surface area contributed by atoms with E-state index in [0.717, 1.165) is 12.0 Å². The van der Waals surface area contributed by atoms with Crippen LogP contribution in [0.15, 0.2) is 24.3 Å². The third kappa shape index (κ3) is 2.99. The van der Waals surface area contributed by atoms with E-state index in [1.807, 2.05) is 52.0 Å². The van der Waals surface area contributed by atoms with E-state index < -0.39 is 5.60 Å². The topological polar surface area (TPSA) is 37.3 Å². The molecule has 100 valence electrons. The first-order valence-corrected chi connectivity index (χ1v) is 6.62. The average molecular weight is 248 g/mol. The van der Waals surface area contributed by atoms with Crippen molar-refractivity contribution in [3.8, 4) is 0 Å². The third-order valence-corrected chi connectivity index (χ3v) is 3.93. The fourth-order valence-electron chi connectivity index (χ4n) is 1.75. The fourth-order valence-corrected chi connectivity index (χ4v) is 1.75. The van der Waals surface area contributed by atoms with Crippen molar-refractivity contribution >= 4 is 5.78 Å². The first-order chi connectivity index (χ1) is 8.24. The molecule has 2 nitrogen and oxygen atoms in total. The summed E-state index contributed by atoms with van der Waals surface area (Å²) in [4.78, 5) is 12.4. The molecule has 0 spiro atoms. The van der Waals surface area contributed by atoms with Crippen LogP contribution in [0.3, 0.4) is 0 Å². The van der Waals surface area contributed by atoms with Gasteiger partial charge in [0, 0.05) is 11.0 Å². The Hall–Kier alpha value is -1.15. The summed E-state index contributed by atoms with van der Waals surface area (Å²) in [5.41, 5.74) is 0.277. The number of benzene rings is 1. The summed E-state index contributed by atoms with van der Waals surface area (Å²) in [6.07, 6.45) is 1.43. The van der Waals surface area contributed by atoms with Crippen LogP contribution >= 0.6 is 0 Å². The Morgan fingerprint density at radius 2 is 1.78 bits per heavy atom. The van der Waals surface area contributed by atoms with Gasteiger partial charge in [0.25, 0.3) is 0 Å². The molecule has 2 heteroatoms. The molecule has 0 amide bonds. The Labute approximate surface area is 110 Å². The first-order valence-electron chi connectivity index (χ1n) is 6.62. The molecule has 0 saturated heterocycles. The molecule has 0 radical (unpaired) electrons. The van der Waals surface area contributed by atoms with E-state index in [1.165, 1.54) is 0 Å². The molecule has 0 aromatic heterocycles. The molecule has 18 heavy (non-hydrogen) atoms. The Morgan fingerprint density at radius 1 is 1.17 bits per heavy atom. The lowest BCUT2D eigenvalue weighted by Crippen LogP contribution is -2.25. The molecule has 1 N–H and O–H groups in total. The van der Waals surface area contributed by atoms with Gasteiger partial charge < -0.3 is 5.11 Å². The summed E-state index contributed by atoms with van der Waals surface area (Å²) in [7, 11) is 0. The maximum atomic E-state index is 12.4. The van der Waals surface area contributed by atoms with Gasteiger partial charge >= 0.3 is 0 Å². The summed E-state index contributed by atoms with van der Waals surface area (Å²) in [5, 5.41) is 10.2. The molecule has 0 fully saturated rings. The van der Waals surface area contributed by atoms with Crippen molar-refractivity contribution in [2.45, 2.75) is 53.1 Å². The van der Waals surface area contributed by atoms with Crippen molar-refractivity contribution < 1.29 is 9.90 Å². The molecular formula is C16H24O2. The number of Topliss-reactive ketones (excluding diaryl/α,β-unsaturated/α-hetero) is 1. The van der Waals surface area contributed by atoms with Crippen molar-refractivity contribution in [2.75, 3.05) is 0 Å². The number of hydrogen-bond donors (Lipinski definition) is 1. The van der Waals surface area contributed by atoms with Crippen LogP contribution in [-0.2, 0) is 5.60 Å². The minimum Gasteiger partial charge on any atom is -0.385 e. The molecule has 0 bridgehead atoms. The minimum absolute atomic E-state index is 0.138. The standard InChI is InChI=1S/C16H24O2/c1-6-15(3,4)14(17)12-9-8-10-13(11-12)16(5,18)7-2/h8-11,18H,6-7H2,1-5H3. The lowest BCUT2D eigenvalue weighted by molar-refractivity contribution is 0.0529. The number of rotatable bonds is 5. The van der Waals surface area contributed by atoms with Crippen molar-refractivity contribution in [1.82, 2.24) is 0 Å². The van der Waals surface area contributed by atoms with Crippen molar-refractivity contribution in [1.29, 1.82) is 0 Å². The van der Waals surface area contributed by atoms with Crippen LogP contribution in [0.1, 0.15) is 63.4 Å². The normalized spacial score (nSPS) is 15.2. The summed E-state index contributed by atoms with van der Waals surface area (Å²) < 4.78 is 0. The maximum absolute atomic E-state index is 12.4. The highest BCUT2D eigenvalue weighted by Gasteiger charge is 2.28. The quantitative estimate of drug-likeness (QED) is 0.802. The second-order valence-corrected chi connectivity index (χ2v) is 5.77. The van der Waals surface area contributed by atoms with Crippen LogP contribution in [0, 0.1) is 5.41 Å². The van der Waals surface area contributed by atoms with Crippen LogP contribution in [0.25, 0.3) is 0 Å². The molecular weight excluding hydrogens is 224 g/mol. The molecule has 0 heterocycles. The number of carbonyl (C=O) groups excluding carboxylic acids is 1. The van der Waals surface area contributed by atoms with Crippen LogP contribution in [0.4, 0.5) is 0 Å². The van der Waals surface area contributed by atoms with Crippen LogP contribution in [0.2, 0.25) is 0 Å². The summed E-state index contributed by atoms with van der Waals surface area (Å²) in [5.74, 6) is 0.138. The highest BCUT2D eigenvalue weighted by molar-refractivity contribution is 6.00. The van der Waals surface area contributed by atoms with E-state index in [-0.39, 0.29) is 11.2 Å². The number of aliphatic hydroxyl groups is 1. The van der Waals surface area contributed by atoms with E-state index in [4.69, 9.17) is 0 Å². The van der Waals surface area contributed by atoms with Gasteiger partial charge in [0.2, 0.25) is 0 Å². The third-order valence-electron chi connectivity index (χ3n) is 3.93. The monoisotopic (exact) mass is 248 g/mol. The van der Waals surface area contributed by atoms with Crippen LogP contribution in [-0.4, -0.2) is 10.9 Å². The maximum Gasteiger partial charge on any atom is 0.168 e. The van der Waals surface area contributed by atoms with Crippen LogP contribution in [0.5, 0.6) is 0 Å². The SMILES string of the molecule is CCC(C)(C)C(=O)c1cccc(C(C)(O)CC)c1. The van der Waals surface area contributed by atoms with E-state index in [1.54, 1.807) is 6.92 Å². The smallest absolute Gasteiger partial charge is 0.168 e. The molecule has 1 unspecified atom stereocenters. The molecule has 0 saturated carbocycles. The van der Waals surface area contributed by atoms with Gasteiger partial charge in [0.05, 0.1) is 5.60 Å². The van der Waals surface area contributed by atoms with Gasteiger partial charge in [-0.05, 0) is 31.4 Å². The minimum atomic E-state index is -0.868. The van der Waals surface area contributed by atoms with E-state index in [9.17, 15) is 9.90 Å². The fraction of sp³-hybridized carbons (Fsp3) is 0.562. The van der Waals surface area contributed by atoms with Gasteiger partial charge in [-0.3, -0.25) is 4.79 Å². The molecule has 0 aliphatic heterocycles. The van der Waals surface area contributed by atoms with Gasteiger partial charge in [-0.25, -0.2) is 0 Å². The zero-order chi connectivity index (χ0) is 14.0. The van der Waals surface area contributed by atoms with E-state index in [2.05, 4.69) is 0 Å². The van der Waals surface area contributed by atoms with Crippen molar-refractivity contribution in [3.63, 3.8) is 0 Å². The Balaban J connectivity index is 3.14. The Morgan fingerprint density at radius 3 is 2.28 bits per heavy atom. The number of ketones is 1. The van der Waals surface area contributed by atoms with Gasteiger partial charge in [-0.2, -0.15) is 0 Å². The predicted octanol–water partition coefficient (Wildman–Crippen LogP) is 3.92. The van der Waals surface area contributed by atoms with E-state index in [0.29, 0.717) is 12.0 Å². The molecule has 1 aromatic rings. The number of carbonyl (C=O) groups is 1. The Bertz CT molecular complexity index is 430. The second-order valence-electron chi connectivity index (χ2n) is 5.77. The average Bonchev–Trinajstić information content (AvgIpc) is 2.38. The first kappa shape index (κ1) is 14.9. The van der Waals surface area contributed by atoms with Gasteiger partial charge in [-0.1, -0.05) is 45.9 Å². The largest absolute Gasteiger partial charge is 0.385 e. The van der Waals surface area contributed by atoms with E-state index >= 15 is 0 Å². The Kier molecular flexibility index (Phi) is 4.33. The van der Waals surface area contributed by atoms with Gasteiger partial charge in [0.15, 0.2) is 5.78 Å². The molecule has 1 atom stereocenters. The molecule has 1 aromatic carbocycles. The molecule has 0 aliphatic rings. The summed E-state index contributed by atoms with van der Waals surface area (Å²) in [6.45, 7) is 9.65. The van der Waals surface area contributed by atoms with Gasteiger partial charge in [0.1, 0.15) is 0 Å². The second kappa shape index (κ2) is 5.23. The summed E-state index contributed by atoms with van der Waals surface area (Å²) >= 11 is 0. The molecule has 0 aliphatic carbocycles. The van der Waals surface area contributed by atoms with Gasteiger partial charge in [-0.15, -0.1) is 0 Å². The van der Waals surface area contributed by atoms with Crippen molar-refractivity contribution in [2.24, 2.45) is 5.41 Å². The highest BCUT2D eigenvalue weighted by Crippen LogP contribution is 2.29. The molecule has 1 rings (SSSR count). The lowest BCUT2D eigenvalue weighted by Gasteiger charge is -2.24. The predicted molar refractivity (Wildman–Crippen MR) is 74.7 cm³/mol. The summed E-state index contributed by atoms with van der Waals surface area (Å²) in [6, 6.07) is 7.37.